The van der Waals surface area contributed by atoms with Crippen LogP contribution in [0, 0.1) is 0 Å². The second kappa shape index (κ2) is 6.58. The van der Waals surface area contributed by atoms with Crippen molar-refractivity contribution < 1.29 is 4.74 Å². The first-order valence-corrected chi connectivity index (χ1v) is 6.90. The summed E-state index contributed by atoms with van der Waals surface area (Å²) in [5, 5.41) is 7.05. The van der Waals surface area contributed by atoms with Crippen LogP contribution in [-0.4, -0.2) is 38.4 Å². The lowest BCUT2D eigenvalue weighted by Gasteiger charge is -2.31. The first-order chi connectivity index (χ1) is 7.88. The zero-order valence-corrected chi connectivity index (χ0v) is 10.5. The Hall–Kier alpha value is -0.120. The van der Waals surface area contributed by atoms with Gasteiger partial charge in [0.1, 0.15) is 0 Å². The standard InChI is InChI=1S/C13H26N2O/c1-14-12-7-8-16-13(9-12)10-15-11-5-3-2-4-6-11/h11-15H,2-10H2,1H3. The molecular weight excluding hydrogens is 200 g/mol. The van der Waals surface area contributed by atoms with Crippen molar-refractivity contribution in [2.75, 3.05) is 20.2 Å². The monoisotopic (exact) mass is 226 g/mol. The maximum Gasteiger partial charge on any atom is 0.0714 e. The van der Waals surface area contributed by atoms with Crippen LogP contribution in [0.4, 0.5) is 0 Å². The summed E-state index contributed by atoms with van der Waals surface area (Å²) in [7, 11) is 2.06. The molecule has 0 bridgehead atoms. The normalized spacial score (nSPS) is 32.8. The molecule has 1 aliphatic carbocycles. The van der Waals surface area contributed by atoms with Gasteiger partial charge in [0.2, 0.25) is 0 Å². The van der Waals surface area contributed by atoms with E-state index in [1.165, 1.54) is 32.1 Å². The van der Waals surface area contributed by atoms with E-state index in [2.05, 4.69) is 17.7 Å². The van der Waals surface area contributed by atoms with Crippen LogP contribution in [-0.2, 0) is 4.74 Å². The fraction of sp³-hybridized carbons (Fsp3) is 1.00. The predicted molar refractivity (Wildman–Crippen MR) is 66.7 cm³/mol. The van der Waals surface area contributed by atoms with Crippen LogP contribution in [0.3, 0.4) is 0 Å². The summed E-state index contributed by atoms with van der Waals surface area (Å²) >= 11 is 0. The molecule has 2 N–H and O–H groups in total. The zero-order chi connectivity index (χ0) is 11.2. The van der Waals surface area contributed by atoms with Crippen LogP contribution >= 0.6 is 0 Å². The van der Waals surface area contributed by atoms with Gasteiger partial charge in [-0.3, -0.25) is 0 Å². The Morgan fingerprint density at radius 2 is 1.88 bits per heavy atom. The maximum atomic E-state index is 5.80. The van der Waals surface area contributed by atoms with Crippen LogP contribution in [0.25, 0.3) is 0 Å². The second-order valence-corrected chi connectivity index (χ2v) is 5.25. The molecule has 1 heterocycles. The van der Waals surface area contributed by atoms with E-state index >= 15 is 0 Å². The minimum absolute atomic E-state index is 0.424. The van der Waals surface area contributed by atoms with E-state index in [9.17, 15) is 0 Å². The molecule has 1 saturated heterocycles. The molecule has 0 aromatic carbocycles. The van der Waals surface area contributed by atoms with Gasteiger partial charge in [-0.1, -0.05) is 19.3 Å². The minimum atomic E-state index is 0.424. The van der Waals surface area contributed by atoms with E-state index in [4.69, 9.17) is 4.74 Å². The number of hydrogen-bond donors (Lipinski definition) is 2. The van der Waals surface area contributed by atoms with Crippen molar-refractivity contribution >= 4 is 0 Å². The number of rotatable bonds is 4. The fourth-order valence-corrected chi connectivity index (χ4v) is 2.89. The average Bonchev–Trinajstić information content (AvgIpc) is 2.38. The highest BCUT2D eigenvalue weighted by molar-refractivity contribution is 4.79. The Morgan fingerprint density at radius 3 is 2.62 bits per heavy atom. The van der Waals surface area contributed by atoms with Crippen molar-refractivity contribution in [3.8, 4) is 0 Å². The summed E-state index contributed by atoms with van der Waals surface area (Å²) in [5.41, 5.74) is 0. The molecule has 0 spiro atoms. The van der Waals surface area contributed by atoms with E-state index in [1.54, 1.807) is 0 Å². The summed E-state index contributed by atoms with van der Waals surface area (Å²) in [6.45, 7) is 1.96. The summed E-state index contributed by atoms with van der Waals surface area (Å²) in [6.07, 6.45) is 9.72. The molecule has 0 radical (unpaired) electrons. The van der Waals surface area contributed by atoms with Gasteiger partial charge in [0.05, 0.1) is 6.10 Å². The molecule has 2 unspecified atom stereocenters. The highest BCUT2D eigenvalue weighted by Crippen LogP contribution is 2.18. The van der Waals surface area contributed by atoms with E-state index in [0.717, 1.165) is 32.0 Å². The van der Waals surface area contributed by atoms with Gasteiger partial charge in [-0.25, -0.2) is 0 Å². The van der Waals surface area contributed by atoms with Crippen LogP contribution < -0.4 is 10.6 Å². The van der Waals surface area contributed by atoms with E-state index < -0.39 is 0 Å². The summed E-state index contributed by atoms with van der Waals surface area (Å²) in [4.78, 5) is 0. The Labute approximate surface area is 99.3 Å². The molecule has 0 amide bonds. The molecule has 3 heteroatoms. The molecule has 0 aromatic heterocycles. The SMILES string of the molecule is CNC1CCOC(CNC2CCCCC2)C1. The third kappa shape index (κ3) is 3.72. The van der Waals surface area contributed by atoms with Crippen LogP contribution in [0.15, 0.2) is 0 Å². The van der Waals surface area contributed by atoms with Gasteiger partial charge in [0, 0.05) is 25.2 Å². The smallest absolute Gasteiger partial charge is 0.0714 e. The van der Waals surface area contributed by atoms with Crippen LogP contribution in [0.5, 0.6) is 0 Å². The van der Waals surface area contributed by atoms with Gasteiger partial charge in [0.15, 0.2) is 0 Å². The lowest BCUT2D eigenvalue weighted by molar-refractivity contribution is 0.00188. The largest absolute Gasteiger partial charge is 0.377 e. The van der Waals surface area contributed by atoms with Gasteiger partial charge in [-0.05, 0) is 32.7 Å². The molecule has 2 aliphatic rings. The van der Waals surface area contributed by atoms with E-state index in [0.29, 0.717) is 12.1 Å². The summed E-state index contributed by atoms with van der Waals surface area (Å²) in [5.74, 6) is 0. The van der Waals surface area contributed by atoms with Gasteiger partial charge < -0.3 is 15.4 Å². The molecule has 0 aromatic rings. The van der Waals surface area contributed by atoms with Crippen molar-refractivity contribution in [3.05, 3.63) is 0 Å². The number of hydrogen-bond acceptors (Lipinski definition) is 3. The van der Waals surface area contributed by atoms with Gasteiger partial charge in [-0.2, -0.15) is 0 Å². The van der Waals surface area contributed by atoms with E-state index in [-0.39, 0.29) is 0 Å². The highest BCUT2D eigenvalue weighted by Gasteiger charge is 2.22. The van der Waals surface area contributed by atoms with Gasteiger partial charge in [-0.15, -0.1) is 0 Å². The van der Waals surface area contributed by atoms with E-state index in [1.807, 2.05) is 0 Å². The van der Waals surface area contributed by atoms with Crippen LogP contribution in [0.1, 0.15) is 44.9 Å². The van der Waals surface area contributed by atoms with Crippen LogP contribution in [0.2, 0.25) is 0 Å². The highest BCUT2D eigenvalue weighted by atomic mass is 16.5. The third-order valence-electron chi connectivity index (χ3n) is 4.01. The molecule has 2 fully saturated rings. The second-order valence-electron chi connectivity index (χ2n) is 5.25. The Kier molecular flexibility index (Phi) is 5.07. The summed E-state index contributed by atoms with van der Waals surface area (Å²) in [6, 6.07) is 1.42. The molecule has 3 nitrogen and oxygen atoms in total. The minimum Gasteiger partial charge on any atom is -0.377 e. The van der Waals surface area contributed by atoms with Crippen molar-refractivity contribution in [2.45, 2.75) is 63.1 Å². The van der Waals surface area contributed by atoms with Gasteiger partial charge in [0.25, 0.3) is 0 Å². The van der Waals surface area contributed by atoms with Gasteiger partial charge >= 0.3 is 0 Å². The number of nitrogens with one attached hydrogen (secondary N) is 2. The maximum absolute atomic E-state index is 5.80. The van der Waals surface area contributed by atoms with Crippen molar-refractivity contribution in [1.82, 2.24) is 10.6 Å². The molecule has 1 aliphatic heterocycles. The molecule has 2 rings (SSSR count). The van der Waals surface area contributed by atoms with Crippen molar-refractivity contribution in [3.63, 3.8) is 0 Å². The Balaban J connectivity index is 1.64. The molecule has 2 atom stereocenters. The first kappa shape index (κ1) is 12.3. The topological polar surface area (TPSA) is 33.3 Å². The number of ether oxygens (including phenoxy) is 1. The average molecular weight is 226 g/mol. The lowest BCUT2D eigenvalue weighted by Crippen LogP contribution is -2.44. The molecule has 1 saturated carbocycles. The predicted octanol–water partition coefficient (Wildman–Crippen LogP) is 1.68. The quantitative estimate of drug-likeness (QED) is 0.765. The Morgan fingerprint density at radius 1 is 1.06 bits per heavy atom. The zero-order valence-electron chi connectivity index (χ0n) is 10.5. The lowest BCUT2D eigenvalue weighted by atomic mass is 9.95. The summed E-state index contributed by atoms with van der Waals surface area (Å²) < 4.78 is 5.80. The van der Waals surface area contributed by atoms with Crippen molar-refractivity contribution in [2.24, 2.45) is 0 Å². The molecular formula is C13H26N2O. The molecule has 16 heavy (non-hydrogen) atoms. The molecule has 94 valence electrons. The third-order valence-corrected chi connectivity index (χ3v) is 4.01. The first-order valence-electron chi connectivity index (χ1n) is 6.90. The Bertz CT molecular complexity index is 192. The fourth-order valence-electron chi connectivity index (χ4n) is 2.89. The van der Waals surface area contributed by atoms with Crippen molar-refractivity contribution in [1.29, 1.82) is 0 Å².